The van der Waals surface area contributed by atoms with Crippen molar-refractivity contribution in [1.82, 2.24) is 4.98 Å². The highest BCUT2D eigenvalue weighted by Gasteiger charge is 2.26. The molecule has 7 nitrogen and oxygen atoms in total. The van der Waals surface area contributed by atoms with Gasteiger partial charge < -0.3 is 14.7 Å². The van der Waals surface area contributed by atoms with Crippen molar-refractivity contribution in [3.8, 4) is 5.75 Å². The lowest BCUT2D eigenvalue weighted by atomic mass is 9.96. The molecule has 0 aliphatic carbocycles. The van der Waals surface area contributed by atoms with Crippen molar-refractivity contribution in [2.24, 2.45) is 5.92 Å². The van der Waals surface area contributed by atoms with Crippen molar-refractivity contribution >= 4 is 32.4 Å². The molecule has 1 aromatic heterocycles. The number of benzene rings is 2. The molecule has 0 amide bonds. The predicted octanol–water partition coefficient (Wildman–Crippen LogP) is 3.97. The maximum Gasteiger partial charge on any atom is 0.387 e. The van der Waals surface area contributed by atoms with Crippen LogP contribution in [0.1, 0.15) is 12.8 Å². The van der Waals surface area contributed by atoms with E-state index in [0.717, 1.165) is 11.8 Å². The normalized spacial score (nSPS) is 15.3. The quantitative estimate of drug-likeness (QED) is 0.592. The van der Waals surface area contributed by atoms with Crippen LogP contribution in [-0.2, 0) is 14.6 Å². The van der Waals surface area contributed by atoms with Crippen LogP contribution in [0.5, 0.6) is 5.75 Å². The number of carbonyl (C=O) groups is 1. The molecule has 1 fully saturated rings. The van der Waals surface area contributed by atoms with Crippen LogP contribution in [0.3, 0.4) is 0 Å². The first-order chi connectivity index (χ1) is 15.3. The third-order valence-corrected chi connectivity index (χ3v) is 7.22. The third-order valence-electron chi connectivity index (χ3n) is 5.50. The Hall–Kier alpha value is -3.27. The van der Waals surface area contributed by atoms with Gasteiger partial charge in [0.25, 0.3) is 0 Å². The summed E-state index contributed by atoms with van der Waals surface area (Å²) in [5.41, 5.74) is 1.41. The number of hydrogen-bond acceptors (Lipinski definition) is 6. The fraction of sp³-hybridized carbons (Fsp3) is 0.273. The van der Waals surface area contributed by atoms with E-state index in [2.05, 4.69) is 9.72 Å². The molecule has 168 valence electrons. The Bertz CT molecular complexity index is 1260. The van der Waals surface area contributed by atoms with E-state index < -0.39 is 22.4 Å². The Morgan fingerprint density at radius 1 is 1.09 bits per heavy atom. The summed E-state index contributed by atoms with van der Waals surface area (Å²) in [6, 6.07) is 11.8. The van der Waals surface area contributed by atoms with E-state index in [-0.39, 0.29) is 21.5 Å². The van der Waals surface area contributed by atoms with Gasteiger partial charge in [-0.05, 0) is 43.2 Å². The van der Waals surface area contributed by atoms with Crippen molar-refractivity contribution in [1.29, 1.82) is 0 Å². The fourth-order valence-corrected chi connectivity index (χ4v) is 5.12. The second-order valence-corrected chi connectivity index (χ2v) is 9.43. The molecule has 0 spiro atoms. The molecule has 0 radical (unpaired) electrons. The lowest BCUT2D eigenvalue weighted by molar-refractivity contribution is -0.142. The van der Waals surface area contributed by atoms with E-state index in [9.17, 15) is 27.1 Å². The van der Waals surface area contributed by atoms with Crippen LogP contribution in [0.25, 0.3) is 10.9 Å². The van der Waals surface area contributed by atoms with Gasteiger partial charge in [-0.2, -0.15) is 8.78 Å². The van der Waals surface area contributed by atoms with Gasteiger partial charge in [0.1, 0.15) is 5.75 Å². The predicted molar refractivity (Wildman–Crippen MR) is 113 cm³/mol. The van der Waals surface area contributed by atoms with Crippen molar-refractivity contribution in [2.45, 2.75) is 29.2 Å². The minimum Gasteiger partial charge on any atom is -0.481 e. The molecule has 1 aliphatic heterocycles. The zero-order valence-corrected chi connectivity index (χ0v) is 17.6. The summed E-state index contributed by atoms with van der Waals surface area (Å²) in [4.78, 5) is 17.4. The van der Waals surface area contributed by atoms with Crippen LogP contribution < -0.4 is 9.64 Å². The van der Waals surface area contributed by atoms with Gasteiger partial charge in [0.2, 0.25) is 9.84 Å². The molecule has 3 aromatic rings. The highest BCUT2D eigenvalue weighted by Crippen LogP contribution is 2.32. The van der Waals surface area contributed by atoms with Crippen LogP contribution >= 0.6 is 0 Å². The van der Waals surface area contributed by atoms with Crippen molar-refractivity contribution in [3.05, 3.63) is 54.7 Å². The SMILES string of the molecule is O=C(O)C1CCN(c2cccc3cc(S(=O)(=O)c4cccc(OC(F)F)c4)cnc23)CC1. The number of nitrogens with zero attached hydrogens (tertiary/aromatic N) is 2. The second-order valence-electron chi connectivity index (χ2n) is 7.48. The molecule has 0 saturated carbocycles. The van der Waals surface area contributed by atoms with E-state index in [1.54, 1.807) is 12.1 Å². The van der Waals surface area contributed by atoms with Crippen LogP contribution in [-0.4, -0.2) is 44.2 Å². The molecular formula is C22H20F2N2O5S. The Labute approximate surface area is 183 Å². The zero-order chi connectivity index (χ0) is 22.9. The number of hydrogen-bond donors (Lipinski definition) is 1. The van der Waals surface area contributed by atoms with Gasteiger partial charge in [-0.15, -0.1) is 0 Å². The molecule has 2 aromatic carbocycles. The summed E-state index contributed by atoms with van der Waals surface area (Å²) in [5.74, 6) is -1.41. The molecule has 32 heavy (non-hydrogen) atoms. The number of alkyl halides is 2. The number of aromatic nitrogens is 1. The average molecular weight is 462 g/mol. The topological polar surface area (TPSA) is 96.8 Å². The van der Waals surface area contributed by atoms with Crippen LogP contribution in [0.4, 0.5) is 14.5 Å². The minimum absolute atomic E-state index is 0.0686. The van der Waals surface area contributed by atoms with Crippen LogP contribution in [0, 0.1) is 5.92 Å². The fourth-order valence-electron chi connectivity index (χ4n) is 3.85. The van der Waals surface area contributed by atoms with Gasteiger partial charge >= 0.3 is 12.6 Å². The summed E-state index contributed by atoms with van der Waals surface area (Å²) in [6.45, 7) is -1.93. The maximum atomic E-state index is 13.1. The van der Waals surface area contributed by atoms with Gasteiger partial charge in [0, 0.05) is 24.7 Å². The number of carboxylic acid groups (broad SMARTS) is 1. The smallest absolute Gasteiger partial charge is 0.387 e. The number of halogens is 2. The molecule has 0 unspecified atom stereocenters. The Morgan fingerprint density at radius 3 is 2.50 bits per heavy atom. The highest BCUT2D eigenvalue weighted by atomic mass is 32.2. The molecule has 2 heterocycles. The number of piperidine rings is 1. The number of para-hydroxylation sites is 1. The zero-order valence-electron chi connectivity index (χ0n) is 16.8. The summed E-state index contributed by atoms with van der Waals surface area (Å²) >= 11 is 0. The first kappa shape index (κ1) is 21.9. The van der Waals surface area contributed by atoms with E-state index in [0.29, 0.717) is 36.8 Å². The minimum atomic E-state index is -4.01. The van der Waals surface area contributed by atoms with Crippen LogP contribution in [0.2, 0.25) is 0 Å². The van der Waals surface area contributed by atoms with Gasteiger partial charge in [-0.3, -0.25) is 9.78 Å². The lowest BCUT2D eigenvalue weighted by Gasteiger charge is -2.32. The van der Waals surface area contributed by atoms with Gasteiger partial charge in [-0.25, -0.2) is 8.42 Å². The van der Waals surface area contributed by atoms with E-state index in [1.807, 2.05) is 11.0 Å². The number of fused-ring (bicyclic) bond motifs is 1. The Kier molecular flexibility index (Phi) is 5.96. The molecule has 4 rings (SSSR count). The van der Waals surface area contributed by atoms with Gasteiger partial charge in [0.15, 0.2) is 0 Å². The summed E-state index contributed by atoms with van der Waals surface area (Å²) in [6.07, 6.45) is 2.29. The van der Waals surface area contributed by atoms with E-state index >= 15 is 0 Å². The number of pyridine rings is 1. The Morgan fingerprint density at radius 2 is 1.81 bits per heavy atom. The molecule has 10 heteroatoms. The standard InChI is InChI=1S/C22H20F2N2O5S/c23-22(24)31-16-4-2-5-17(12-16)32(29,30)18-11-15-3-1-6-19(20(15)25-13-18)26-9-7-14(8-10-26)21(27)28/h1-6,11-14,22H,7-10H2,(H,27,28). The molecule has 1 N–H and O–H groups in total. The van der Waals surface area contributed by atoms with E-state index in [4.69, 9.17) is 0 Å². The number of anilines is 1. The van der Waals surface area contributed by atoms with Crippen molar-refractivity contribution < 1.29 is 31.8 Å². The molecular weight excluding hydrogens is 442 g/mol. The summed E-state index contributed by atoms with van der Waals surface area (Å²) in [5, 5.41) is 9.80. The molecule has 1 aliphatic rings. The molecule has 0 bridgehead atoms. The summed E-state index contributed by atoms with van der Waals surface area (Å²) in [7, 11) is -4.01. The molecule has 1 saturated heterocycles. The lowest BCUT2D eigenvalue weighted by Crippen LogP contribution is -2.36. The molecule has 0 atom stereocenters. The van der Waals surface area contributed by atoms with Crippen molar-refractivity contribution in [2.75, 3.05) is 18.0 Å². The van der Waals surface area contributed by atoms with Gasteiger partial charge in [-0.1, -0.05) is 18.2 Å². The Balaban J connectivity index is 1.66. The number of aliphatic carboxylic acids is 1. The number of rotatable bonds is 6. The average Bonchev–Trinajstić information content (AvgIpc) is 2.78. The highest BCUT2D eigenvalue weighted by molar-refractivity contribution is 7.91. The largest absolute Gasteiger partial charge is 0.481 e. The number of sulfone groups is 1. The van der Waals surface area contributed by atoms with E-state index in [1.165, 1.54) is 30.5 Å². The maximum absolute atomic E-state index is 13.1. The number of ether oxygens (including phenoxy) is 1. The van der Waals surface area contributed by atoms with Crippen LogP contribution in [0.15, 0.2) is 64.5 Å². The summed E-state index contributed by atoms with van der Waals surface area (Å²) < 4.78 is 55.4. The third kappa shape index (κ3) is 4.36. The van der Waals surface area contributed by atoms with Crippen molar-refractivity contribution in [3.63, 3.8) is 0 Å². The van der Waals surface area contributed by atoms with Gasteiger partial charge in [0.05, 0.1) is 26.9 Å². The number of carboxylic acids is 1. The monoisotopic (exact) mass is 462 g/mol. The first-order valence-corrected chi connectivity index (χ1v) is 11.4. The second kappa shape index (κ2) is 8.70. The first-order valence-electron chi connectivity index (χ1n) is 9.92.